The Bertz CT molecular complexity index is 608. The Hall–Kier alpha value is -2.55. The van der Waals surface area contributed by atoms with Gasteiger partial charge >= 0.3 is 0 Å². The summed E-state index contributed by atoms with van der Waals surface area (Å²) in [5.41, 5.74) is 1.76. The van der Waals surface area contributed by atoms with Crippen LogP contribution in [0.25, 0.3) is 0 Å². The highest BCUT2D eigenvalue weighted by Crippen LogP contribution is 2.20. The Morgan fingerprint density at radius 1 is 1.14 bits per heavy atom. The number of anilines is 1. The van der Waals surface area contributed by atoms with Crippen LogP contribution < -0.4 is 9.64 Å². The third-order valence-corrected chi connectivity index (χ3v) is 3.21. The van der Waals surface area contributed by atoms with Crippen LogP contribution in [0.15, 0.2) is 67.3 Å². The van der Waals surface area contributed by atoms with Crippen molar-refractivity contribution in [2.75, 3.05) is 18.6 Å². The molecule has 0 saturated carbocycles. The number of hydrogen-bond acceptors (Lipinski definition) is 2. The first-order valence-corrected chi connectivity index (χ1v) is 6.84. The van der Waals surface area contributed by atoms with Crippen LogP contribution in [0.3, 0.4) is 0 Å². The maximum absolute atomic E-state index is 12.6. The van der Waals surface area contributed by atoms with Crippen LogP contribution in [0.2, 0.25) is 0 Å². The molecule has 0 aliphatic rings. The molecule has 2 rings (SSSR count). The van der Waals surface area contributed by atoms with E-state index in [1.807, 2.05) is 54.6 Å². The molecule has 0 unspecified atom stereocenters. The summed E-state index contributed by atoms with van der Waals surface area (Å²) in [6.45, 7) is 4.21. The standard InChI is InChI=1S/C18H19NO2/c1-3-13-19(16-10-5-4-6-11-16)18(20)14-15-9-7-8-12-17(15)21-2/h3-12H,1,13-14H2,2H3. The highest BCUT2D eigenvalue weighted by Gasteiger charge is 2.16. The van der Waals surface area contributed by atoms with E-state index < -0.39 is 0 Å². The molecule has 2 aromatic rings. The molecule has 0 aromatic heterocycles. The van der Waals surface area contributed by atoms with Crippen molar-refractivity contribution < 1.29 is 9.53 Å². The van der Waals surface area contributed by atoms with Gasteiger partial charge in [0.1, 0.15) is 5.75 Å². The summed E-state index contributed by atoms with van der Waals surface area (Å²) in [7, 11) is 1.61. The topological polar surface area (TPSA) is 29.5 Å². The average molecular weight is 281 g/mol. The fourth-order valence-electron chi connectivity index (χ4n) is 2.20. The van der Waals surface area contributed by atoms with Gasteiger partial charge in [0.15, 0.2) is 0 Å². The van der Waals surface area contributed by atoms with Crippen LogP contribution in [0, 0.1) is 0 Å². The van der Waals surface area contributed by atoms with Crippen LogP contribution in [-0.2, 0) is 11.2 Å². The Labute approximate surface area is 125 Å². The molecule has 2 aromatic carbocycles. The zero-order valence-electron chi connectivity index (χ0n) is 12.2. The minimum atomic E-state index is 0.0191. The van der Waals surface area contributed by atoms with E-state index in [1.54, 1.807) is 18.1 Å². The summed E-state index contributed by atoms with van der Waals surface area (Å²) >= 11 is 0. The summed E-state index contributed by atoms with van der Waals surface area (Å²) in [6.07, 6.45) is 2.03. The van der Waals surface area contributed by atoms with E-state index in [-0.39, 0.29) is 5.91 Å². The van der Waals surface area contributed by atoms with Crippen molar-refractivity contribution in [2.45, 2.75) is 6.42 Å². The lowest BCUT2D eigenvalue weighted by Crippen LogP contribution is -2.32. The number of benzene rings is 2. The van der Waals surface area contributed by atoms with E-state index in [4.69, 9.17) is 4.74 Å². The van der Waals surface area contributed by atoms with Gasteiger partial charge in [0, 0.05) is 17.8 Å². The van der Waals surface area contributed by atoms with Gasteiger partial charge in [-0.3, -0.25) is 4.79 Å². The molecule has 0 aliphatic heterocycles. The minimum absolute atomic E-state index is 0.0191. The molecule has 0 N–H and O–H groups in total. The quantitative estimate of drug-likeness (QED) is 0.759. The predicted molar refractivity (Wildman–Crippen MR) is 85.7 cm³/mol. The van der Waals surface area contributed by atoms with Crippen LogP contribution in [-0.4, -0.2) is 19.6 Å². The predicted octanol–water partition coefficient (Wildman–Crippen LogP) is 3.46. The average Bonchev–Trinajstić information content (AvgIpc) is 2.53. The first-order valence-electron chi connectivity index (χ1n) is 6.84. The van der Waals surface area contributed by atoms with Crippen molar-refractivity contribution in [3.8, 4) is 5.75 Å². The molecular formula is C18H19NO2. The number of ether oxygens (including phenoxy) is 1. The number of methoxy groups -OCH3 is 1. The molecule has 0 spiro atoms. The van der Waals surface area contributed by atoms with Crippen molar-refractivity contribution in [2.24, 2.45) is 0 Å². The lowest BCUT2D eigenvalue weighted by Gasteiger charge is -2.21. The zero-order chi connectivity index (χ0) is 15.1. The third kappa shape index (κ3) is 3.72. The first-order chi connectivity index (χ1) is 10.3. The van der Waals surface area contributed by atoms with Gasteiger partial charge in [0.2, 0.25) is 5.91 Å². The van der Waals surface area contributed by atoms with Crippen molar-refractivity contribution >= 4 is 11.6 Å². The maximum Gasteiger partial charge on any atom is 0.231 e. The number of carbonyl (C=O) groups excluding carboxylic acids is 1. The number of carbonyl (C=O) groups is 1. The second-order valence-corrected chi connectivity index (χ2v) is 4.62. The third-order valence-electron chi connectivity index (χ3n) is 3.21. The Morgan fingerprint density at radius 3 is 2.48 bits per heavy atom. The van der Waals surface area contributed by atoms with Gasteiger partial charge in [-0.15, -0.1) is 6.58 Å². The van der Waals surface area contributed by atoms with E-state index >= 15 is 0 Å². The molecular weight excluding hydrogens is 262 g/mol. The highest BCUT2D eigenvalue weighted by atomic mass is 16.5. The van der Waals surface area contributed by atoms with Crippen LogP contribution in [0.1, 0.15) is 5.56 Å². The van der Waals surface area contributed by atoms with Gasteiger partial charge in [-0.05, 0) is 18.2 Å². The summed E-state index contributed by atoms with van der Waals surface area (Å²) in [6, 6.07) is 17.2. The summed E-state index contributed by atoms with van der Waals surface area (Å²) in [5, 5.41) is 0. The fraction of sp³-hybridized carbons (Fsp3) is 0.167. The molecule has 0 atom stereocenters. The number of amides is 1. The fourth-order valence-corrected chi connectivity index (χ4v) is 2.20. The van der Waals surface area contributed by atoms with Crippen LogP contribution >= 0.6 is 0 Å². The van der Waals surface area contributed by atoms with E-state index in [2.05, 4.69) is 6.58 Å². The lowest BCUT2D eigenvalue weighted by molar-refractivity contribution is -0.117. The van der Waals surface area contributed by atoms with E-state index in [0.717, 1.165) is 17.0 Å². The molecule has 1 amide bonds. The van der Waals surface area contributed by atoms with Gasteiger partial charge in [-0.2, -0.15) is 0 Å². The summed E-state index contributed by atoms with van der Waals surface area (Å²) < 4.78 is 5.30. The number of nitrogens with zero attached hydrogens (tertiary/aromatic N) is 1. The molecule has 108 valence electrons. The smallest absolute Gasteiger partial charge is 0.231 e. The molecule has 0 fully saturated rings. The van der Waals surface area contributed by atoms with Gasteiger partial charge < -0.3 is 9.64 Å². The van der Waals surface area contributed by atoms with Crippen molar-refractivity contribution in [3.63, 3.8) is 0 Å². The minimum Gasteiger partial charge on any atom is -0.496 e. The molecule has 0 radical (unpaired) electrons. The summed E-state index contributed by atoms with van der Waals surface area (Å²) in [4.78, 5) is 14.3. The lowest BCUT2D eigenvalue weighted by atomic mass is 10.1. The Kier molecular flexibility index (Phi) is 5.16. The van der Waals surface area contributed by atoms with E-state index in [9.17, 15) is 4.79 Å². The molecule has 0 aliphatic carbocycles. The van der Waals surface area contributed by atoms with Gasteiger partial charge in [-0.1, -0.05) is 42.5 Å². The van der Waals surface area contributed by atoms with Crippen molar-refractivity contribution in [3.05, 3.63) is 72.8 Å². The largest absolute Gasteiger partial charge is 0.496 e. The SMILES string of the molecule is C=CCN(C(=O)Cc1ccccc1OC)c1ccccc1. The van der Waals surface area contributed by atoms with Crippen molar-refractivity contribution in [1.82, 2.24) is 0 Å². The zero-order valence-corrected chi connectivity index (χ0v) is 12.2. The molecule has 21 heavy (non-hydrogen) atoms. The van der Waals surface area contributed by atoms with Crippen LogP contribution in [0.5, 0.6) is 5.75 Å². The van der Waals surface area contributed by atoms with Crippen LogP contribution in [0.4, 0.5) is 5.69 Å². The summed E-state index contributed by atoms with van der Waals surface area (Å²) in [5.74, 6) is 0.753. The van der Waals surface area contributed by atoms with Gasteiger partial charge in [0.05, 0.1) is 13.5 Å². The second-order valence-electron chi connectivity index (χ2n) is 4.62. The maximum atomic E-state index is 12.6. The van der Waals surface area contributed by atoms with Gasteiger partial charge in [-0.25, -0.2) is 0 Å². The monoisotopic (exact) mass is 281 g/mol. The van der Waals surface area contributed by atoms with E-state index in [1.165, 1.54) is 0 Å². The number of para-hydroxylation sites is 2. The Morgan fingerprint density at radius 2 is 1.81 bits per heavy atom. The molecule has 0 heterocycles. The number of hydrogen-bond donors (Lipinski definition) is 0. The molecule has 3 nitrogen and oxygen atoms in total. The second kappa shape index (κ2) is 7.29. The Balaban J connectivity index is 2.21. The molecule has 3 heteroatoms. The van der Waals surface area contributed by atoms with E-state index in [0.29, 0.717) is 13.0 Å². The molecule has 0 saturated heterocycles. The first kappa shape index (κ1) is 14.9. The number of rotatable bonds is 6. The molecule has 0 bridgehead atoms. The normalized spacial score (nSPS) is 9.95. The highest BCUT2D eigenvalue weighted by molar-refractivity contribution is 5.95. The van der Waals surface area contributed by atoms with Crippen molar-refractivity contribution in [1.29, 1.82) is 0 Å². The van der Waals surface area contributed by atoms with Gasteiger partial charge in [0.25, 0.3) is 0 Å².